The van der Waals surface area contributed by atoms with Crippen molar-refractivity contribution in [3.63, 3.8) is 0 Å². The molecule has 144 valence electrons. The van der Waals surface area contributed by atoms with Crippen LogP contribution in [0, 0.1) is 0 Å². The first-order valence-electron chi connectivity index (χ1n) is 8.31. The van der Waals surface area contributed by atoms with Crippen LogP contribution in [0.1, 0.15) is 37.7 Å². The lowest BCUT2D eigenvalue weighted by Crippen LogP contribution is -2.11. The monoisotopic (exact) mass is 435 g/mol. The number of esters is 1. The van der Waals surface area contributed by atoms with Crippen LogP contribution >= 0.6 is 34.5 Å². The summed E-state index contributed by atoms with van der Waals surface area (Å²) in [6, 6.07) is 12.0. The summed E-state index contributed by atoms with van der Waals surface area (Å²) in [6.07, 6.45) is 0.925. The number of carbonyl (C=O) groups excluding carboxylic acids is 2. The van der Waals surface area contributed by atoms with Crippen LogP contribution in [0.25, 0.3) is 0 Å². The number of aromatic nitrogens is 2. The fourth-order valence-electron chi connectivity index (χ4n) is 2.27. The standard InChI is InChI=1S/C19H15Cl2N3O3S/c1-2-11-3-6-13(7-4-11)22-17(25)18-24-23-16(28-18)10-27-19(26)14-8-5-12(20)9-15(14)21/h3-9H,2,10H2,1H3,(H,22,25). The number of aryl methyl sites for hydroxylation is 1. The van der Waals surface area contributed by atoms with E-state index in [1.165, 1.54) is 17.7 Å². The van der Waals surface area contributed by atoms with Gasteiger partial charge in [-0.2, -0.15) is 0 Å². The molecule has 0 aliphatic carbocycles. The first kappa shape index (κ1) is 20.3. The molecule has 0 aliphatic rings. The van der Waals surface area contributed by atoms with E-state index in [0.29, 0.717) is 15.7 Å². The molecule has 3 rings (SSSR count). The number of hydrogen-bond donors (Lipinski definition) is 1. The molecule has 9 heteroatoms. The van der Waals surface area contributed by atoms with Crippen molar-refractivity contribution in [3.8, 4) is 0 Å². The van der Waals surface area contributed by atoms with Crippen molar-refractivity contribution < 1.29 is 14.3 Å². The third-order valence-corrected chi connectivity index (χ3v) is 5.20. The second-order valence-electron chi connectivity index (χ2n) is 5.71. The molecular formula is C19H15Cl2N3O3S. The average molecular weight is 436 g/mol. The Morgan fingerprint density at radius 1 is 1.11 bits per heavy atom. The van der Waals surface area contributed by atoms with Crippen molar-refractivity contribution in [2.24, 2.45) is 0 Å². The molecule has 0 saturated carbocycles. The minimum atomic E-state index is -0.612. The summed E-state index contributed by atoms with van der Waals surface area (Å²) >= 11 is 12.8. The fraction of sp³-hybridized carbons (Fsp3) is 0.158. The summed E-state index contributed by atoms with van der Waals surface area (Å²) in [5, 5.41) is 11.7. The van der Waals surface area contributed by atoms with E-state index >= 15 is 0 Å². The average Bonchev–Trinajstić information content (AvgIpc) is 3.16. The van der Waals surface area contributed by atoms with Crippen LogP contribution < -0.4 is 5.32 Å². The molecule has 1 amide bonds. The van der Waals surface area contributed by atoms with Gasteiger partial charge < -0.3 is 10.1 Å². The van der Waals surface area contributed by atoms with Crippen LogP contribution in [0.4, 0.5) is 5.69 Å². The van der Waals surface area contributed by atoms with Crippen molar-refractivity contribution in [2.75, 3.05) is 5.32 Å². The lowest BCUT2D eigenvalue weighted by Gasteiger charge is -2.04. The highest BCUT2D eigenvalue weighted by molar-refractivity contribution is 7.13. The van der Waals surface area contributed by atoms with E-state index in [9.17, 15) is 9.59 Å². The summed E-state index contributed by atoms with van der Waals surface area (Å²) in [5.41, 5.74) is 2.05. The van der Waals surface area contributed by atoms with Crippen LogP contribution in [0.15, 0.2) is 42.5 Å². The van der Waals surface area contributed by atoms with Gasteiger partial charge in [-0.1, -0.05) is 53.6 Å². The van der Waals surface area contributed by atoms with Gasteiger partial charge in [0.25, 0.3) is 5.91 Å². The Hall–Kier alpha value is -2.48. The van der Waals surface area contributed by atoms with E-state index in [2.05, 4.69) is 22.4 Å². The van der Waals surface area contributed by atoms with Gasteiger partial charge in [-0.15, -0.1) is 10.2 Å². The highest BCUT2D eigenvalue weighted by Gasteiger charge is 2.16. The smallest absolute Gasteiger partial charge is 0.340 e. The zero-order valence-corrected chi connectivity index (χ0v) is 17.1. The number of nitrogens with zero attached hydrogens (tertiary/aromatic N) is 2. The molecule has 3 aromatic rings. The second kappa shape index (κ2) is 9.14. The molecule has 28 heavy (non-hydrogen) atoms. The Morgan fingerprint density at radius 2 is 1.86 bits per heavy atom. The zero-order chi connectivity index (χ0) is 20.1. The Morgan fingerprint density at radius 3 is 2.54 bits per heavy atom. The number of halogens is 2. The van der Waals surface area contributed by atoms with E-state index in [4.69, 9.17) is 27.9 Å². The van der Waals surface area contributed by atoms with Gasteiger partial charge in [-0.25, -0.2) is 4.79 Å². The third-order valence-electron chi connectivity index (χ3n) is 3.76. The summed E-state index contributed by atoms with van der Waals surface area (Å²) in [7, 11) is 0. The number of rotatable bonds is 6. The summed E-state index contributed by atoms with van der Waals surface area (Å²) in [6.45, 7) is 1.94. The Kier molecular flexibility index (Phi) is 6.61. The molecule has 1 aromatic heterocycles. The van der Waals surface area contributed by atoms with Crippen molar-refractivity contribution in [1.82, 2.24) is 10.2 Å². The molecule has 0 bridgehead atoms. The molecule has 0 aliphatic heterocycles. The molecule has 0 saturated heterocycles. The van der Waals surface area contributed by atoms with Crippen LogP contribution in [0.5, 0.6) is 0 Å². The van der Waals surface area contributed by atoms with E-state index in [0.717, 1.165) is 17.8 Å². The number of amides is 1. The van der Waals surface area contributed by atoms with E-state index in [1.54, 1.807) is 6.07 Å². The first-order valence-corrected chi connectivity index (χ1v) is 9.88. The number of benzene rings is 2. The van der Waals surface area contributed by atoms with Crippen LogP contribution in [-0.4, -0.2) is 22.1 Å². The predicted octanol–water partition coefficient (Wildman–Crippen LogP) is 5.02. The lowest BCUT2D eigenvalue weighted by molar-refractivity contribution is 0.0472. The topological polar surface area (TPSA) is 81.2 Å². The molecule has 6 nitrogen and oxygen atoms in total. The Balaban J connectivity index is 1.58. The van der Waals surface area contributed by atoms with Gasteiger partial charge in [0.1, 0.15) is 6.61 Å². The van der Waals surface area contributed by atoms with E-state index in [-0.39, 0.29) is 28.1 Å². The third kappa shape index (κ3) is 5.07. The summed E-state index contributed by atoms with van der Waals surface area (Å²) in [5.74, 6) is -0.987. The maximum absolute atomic E-state index is 12.3. The highest BCUT2D eigenvalue weighted by atomic mass is 35.5. The SMILES string of the molecule is CCc1ccc(NC(=O)c2nnc(COC(=O)c3ccc(Cl)cc3Cl)s2)cc1. The molecule has 0 spiro atoms. The lowest BCUT2D eigenvalue weighted by atomic mass is 10.1. The molecule has 0 fully saturated rings. The van der Waals surface area contributed by atoms with Crippen molar-refractivity contribution in [1.29, 1.82) is 0 Å². The van der Waals surface area contributed by atoms with Crippen molar-refractivity contribution in [2.45, 2.75) is 20.0 Å². The van der Waals surface area contributed by atoms with Gasteiger partial charge >= 0.3 is 5.97 Å². The van der Waals surface area contributed by atoms with Gasteiger partial charge in [-0.3, -0.25) is 4.79 Å². The van der Waals surface area contributed by atoms with E-state index < -0.39 is 5.97 Å². The van der Waals surface area contributed by atoms with Gasteiger partial charge in [0, 0.05) is 10.7 Å². The zero-order valence-electron chi connectivity index (χ0n) is 14.7. The Bertz CT molecular complexity index is 1010. The molecule has 1 N–H and O–H groups in total. The van der Waals surface area contributed by atoms with Crippen LogP contribution in [-0.2, 0) is 17.8 Å². The summed E-state index contributed by atoms with van der Waals surface area (Å²) < 4.78 is 5.18. The molecule has 0 radical (unpaired) electrons. The maximum Gasteiger partial charge on any atom is 0.340 e. The van der Waals surface area contributed by atoms with Crippen molar-refractivity contribution >= 4 is 52.1 Å². The largest absolute Gasteiger partial charge is 0.455 e. The van der Waals surface area contributed by atoms with Crippen LogP contribution in [0.3, 0.4) is 0 Å². The number of carbonyl (C=O) groups is 2. The quantitative estimate of drug-likeness (QED) is 0.549. The minimum absolute atomic E-state index is 0.117. The highest BCUT2D eigenvalue weighted by Crippen LogP contribution is 2.22. The molecule has 0 unspecified atom stereocenters. The number of anilines is 1. The fourth-order valence-corrected chi connectivity index (χ4v) is 3.41. The number of nitrogens with one attached hydrogen (secondary N) is 1. The molecule has 1 heterocycles. The maximum atomic E-state index is 12.3. The van der Waals surface area contributed by atoms with Crippen LogP contribution in [0.2, 0.25) is 10.0 Å². The summed E-state index contributed by atoms with van der Waals surface area (Å²) in [4.78, 5) is 24.4. The number of hydrogen-bond acceptors (Lipinski definition) is 6. The van der Waals surface area contributed by atoms with Crippen molar-refractivity contribution in [3.05, 3.63) is 73.7 Å². The second-order valence-corrected chi connectivity index (χ2v) is 7.61. The Labute approximate surface area is 175 Å². The predicted molar refractivity (Wildman–Crippen MR) is 109 cm³/mol. The van der Waals surface area contributed by atoms with Gasteiger partial charge in [0.15, 0.2) is 5.01 Å². The van der Waals surface area contributed by atoms with Gasteiger partial charge in [0.05, 0.1) is 10.6 Å². The molecule has 0 atom stereocenters. The van der Waals surface area contributed by atoms with Gasteiger partial charge in [-0.05, 0) is 42.3 Å². The minimum Gasteiger partial charge on any atom is -0.455 e. The first-order chi connectivity index (χ1) is 13.5. The molecule has 2 aromatic carbocycles. The van der Waals surface area contributed by atoms with Gasteiger partial charge in [0.2, 0.25) is 5.01 Å². The normalized spacial score (nSPS) is 10.5. The van der Waals surface area contributed by atoms with E-state index in [1.807, 2.05) is 24.3 Å². The molecular weight excluding hydrogens is 421 g/mol. The number of ether oxygens (including phenoxy) is 1.